The molecule has 1 aromatic carbocycles. The van der Waals surface area contributed by atoms with E-state index >= 15 is 0 Å². The van der Waals surface area contributed by atoms with Crippen molar-refractivity contribution in [2.45, 2.75) is 6.61 Å². The monoisotopic (exact) mass is 231 g/mol. The van der Waals surface area contributed by atoms with Crippen LogP contribution in [0.3, 0.4) is 0 Å². The third-order valence-corrected chi connectivity index (χ3v) is 2.18. The molecule has 5 nitrogen and oxygen atoms in total. The van der Waals surface area contributed by atoms with E-state index in [1.807, 2.05) is 0 Å². The van der Waals surface area contributed by atoms with E-state index in [1.165, 1.54) is 0 Å². The molecule has 0 amide bonds. The van der Waals surface area contributed by atoms with Crippen molar-refractivity contribution in [3.63, 3.8) is 0 Å². The fraction of sp³-hybridized carbons (Fsp3) is 0.167. The van der Waals surface area contributed by atoms with Crippen molar-refractivity contribution in [3.05, 3.63) is 42.5 Å². The Bertz CT molecular complexity index is 488. The van der Waals surface area contributed by atoms with Gasteiger partial charge in [0, 0.05) is 24.1 Å². The van der Waals surface area contributed by atoms with E-state index in [-0.39, 0.29) is 0 Å². The molecule has 0 unspecified atom stereocenters. The number of nitrogens with two attached hydrogens (primary N) is 1. The van der Waals surface area contributed by atoms with Crippen LogP contribution in [0.1, 0.15) is 5.69 Å². The van der Waals surface area contributed by atoms with Crippen molar-refractivity contribution >= 4 is 5.69 Å². The summed E-state index contributed by atoms with van der Waals surface area (Å²) >= 11 is 0. The fourth-order valence-corrected chi connectivity index (χ4v) is 1.36. The van der Waals surface area contributed by atoms with Crippen LogP contribution in [-0.4, -0.2) is 17.1 Å². The van der Waals surface area contributed by atoms with E-state index < -0.39 is 0 Å². The van der Waals surface area contributed by atoms with E-state index in [2.05, 4.69) is 9.97 Å². The normalized spacial score (nSPS) is 9.94. The molecule has 1 heterocycles. The van der Waals surface area contributed by atoms with Crippen LogP contribution in [0, 0.1) is 0 Å². The van der Waals surface area contributed by atoms with Crippen LogP contribution in [0.5, 0.6) is 11.5 Å². The Kier molecular flexibility index (Phi) is 3.40. The molecule has 17 heavy (non-hydrogen) atoms. The molecule has 0 aliphatic rings. The minimum atomic E-state index is 0.341. The predicted octanol–water partition coefficient (Wildman–Crippen LogP) is 1.65. The molecule has 1 aromatic heterocycles. The second-order valence-corrected chi connectivity index (χ2v) is 3.40. The smallest absolute Gasteiger partial charge is 0.162 e. The lowest BCUT2D eigenvalue weighted by atomic mass is 10.3. The molecule has 0 spiro atoms. The molecule has 0 atom stereocenters. The Morgan fingerprint density at radius 1 is 1.24 bits per heavy atom. The maximum absolute atomic E-state index is 5.65. The summed E-state index contributed by atoms with van der Waals surface area (Å²) in [5.74, 6) is 1.24. The van der Waals surface area contributed by atoms with Gasteiger partial charge in [-0.25, -0.2) is 0 Å². The lowest BCUT2D eigenvalue weighted by Crippen LogP contribution is -2.00. The van der Waals surface area contributed by atoms with E-state index in [1.54, 1.807) is 43.9 Å². The summed E-state index contributed by atoms with van der Waals surface area (Å²) in [6.07, 6.45) is 4.90. The zero-order chi connectivity index (χ0) is 12.1. The van der Waals surface area contributed by atoms with Crippen molar-refractivity contribution in [2.24, 2.45) is 0 Å². The third kappa shape index (κ3) is 2.84. The first-order chi connectivity index (χ1) is 8.29. The van der Waals surface area contributed by atoms with E-state index in [9.17, 15) is 0 Å². The standard InChI is InChI=1S/C12H13N3O2/c1-16-12-6-9(13)2-3-11(12)17-8-10-7-14-4-5-15-10/h2-7H,8,13H2,1H3. The number of hydrogen-bond donors (Lipinski definition) is 1. The Labute approximate surface area is 99.2 Å². The molecule has 0 saturated carbocycles. The lowest BCUT2D eigenvalue weighted by Gasteiger charge is -2.10. The molecule has 0 aliphatic carbocycles. The molecule has 0 bridgehead atoms. The average Bonchev–Trinajstić information content (AvgIpc) is 2.38. The highest BCUT2D eigenvalue weighted by atomic mass is 16.5. The summed E-state index contributed by atoms with van der Waals surface area (Å²) < 4.78 is 10.8. The number of benzene rings is 1. The molecular formula is C12H13N3O2. The van der Waals surface area contributed by atoms with Gasteiger partial charge in [-0.2, -0.15) is 0 Å². The molecule has 88 valence electrons. The van der Waals surface area contributed by atoms with Crippen molar-refractivity contribution < 1.29 is 9.47 Å². The largest absolute Gasteiger partial charge is 0.493 e. The van der Waals surface area contributed by atoms with Crippen LogP contribution in [-0.2, 0) is 6.61 Å². The Morgan fingerprint density at radius 3 is 2.82 bits per heavy atom. The highest BCUT2D eigenvalue weighted by molar-refractivity contribution is 5.51. The number of nitrogen functional groups attached to an aromatic ring is 1. The van der Waals surface area contributed by atoms with Gasteiger partial charge in [-0.1, -0.05) is 0 Å². The van der Waals surface area contributed by atoms with Crippen molar-refractivity contribution in [1.82, 2.24) is 9.97 Å². The molecule has 2 rings (SSSR count). The van der Waals surface area contributed by atoms with Gasteiger partial charge in [0.2, 0.25) is 0 Å². The summed E-state index contributed by atoms with van der Waals surface area (Å²) in [4.78, 5) is 8.07. The van der Waals surface area contributed by atoms with Gasteiger partial charge >= 0.3 is 0 Å². The fourth-order valence-electron chi connectivity index (χ4n) is 1.36. The molecule has 0 saturated heterocycles. The maximum Gasteiger partial charge on any atom is 0.162 e. The van der Waals surface area contributed by atoms with Gasteiger partial charge in [0.15, 0.2) is 11.5 Å². The average molecular weight is 231 g/mol. The van der Waals surface area contributed by atoms with Crippen LogP contribution >= 0.6 is 0 Å². The first kappa shape index (κ1) is 11.2. The lowest BCUT2D eigenvalue weighted by molar-refractivity contribution is 0.280. The summed E-state index contributed by atoms with van der Waals surface area (Å²) in [6, 6.07) is 5.24. The number of anilines is 1. The Balaban J connectivity index is 2.09. The van der Waals surface area contributed by atoms with Crippen molar-refractivity contribution in [2.75, 3.05) is 12.8 Å². The number of ether oxygens (including phenoxy) is 2. The second-order valence-electron chi connectivity index (χ2n) is 3.40. The van der Waals surface area contributed by atoms with Crippen LogP contribution < -0.4 is 15.2 Å². The van der Waals surface area contributed by atoms with Crippen LogP contribution in [0.2, 0.25) is 0 Å². The van der Waals surface area contributed by atoms with Gasteiger partial charge in [-0.3, -0.25) is 9.97 Å². The zero-order valence-electron chi connectivity index (χ0n) is 9.46. The number of aromatic nitrogens is 2. The van der Waals surface area contributed by atoms with E-state index in [4.69, 9.17) is 15.2 Å². The molecule has 0 aliphatic heterocycles. The summed E-state index contributed by atoms with van der Waals surface area (Å²) in [6.45, 7) is 0.341. The van der Waals surface area contributed by atoms with Crippen molar-refractivity contribution in [3.8, 4) is 11.5 Å². The topological polar surface area (TPSA) is 70.3 Å². The maximum atomic E-state index is 5.65. The highest BCUT2D eigenvalue weighted by Gasteiger charge is 2.05. The first-order valence-corrected chi connectivity index (χ1v) is 5.11. The first-order valence-electron chi connectivity index (χ1n) is 5.11. The minimum absolute atomic E-state index is 0.341. The quantitative estimate of drug-likeness (QED) is 0.810. The predicted molar refractivity (Wildman–Crippen MR) is 63.8 cm³/mol. The molecule has 0 radical (unpaired) electrons. The van der Waals surface area contributed by atoms with Gasteiger partial charge in [-0.05, 0) is 12.1 Å². The van der Waals surface area contributed by atoms with Crippen LogP contribution in [0.4, 0.5) is 5.69 Å². The van der Waals surface area contributed by atoms with Crippen molar-refractivity contribution in [1.29, 1.82) is 0 Å². The summed E-state index contributed by atoms with van der Waals surface area (Å²) in [5, 5.41) is 0. The van der Waals surface area contributed by atoms with Gasteiger partial charge in [-0.15, -0.1) is 0 Å². The van der Waals surface area contributed by atoms with Gasteiger partial charge < -0.3 is 15.2 Å². The zero-order valence-corrected chi connectivity index (χ0v) is 9.46. The Morgan fingerprint density at radius 2 is 2.12 bits per heavy atom. The number of rotatable bonds is 4. The third-order valence-electron chi connectivity index (χ3n) is 2.18. The van der Waals surface area contributed by atoms with Gasteiger partial charge in [0.25, 0.3) is 0 Å². The SMILES string of the molecule is COc1cc(N)ccc1OCc1cnccn1. The number of methoxy groups -OCH3 is 1. The number of hydrogen-bond acceptors (Lipinski definition) is 5. The van der Waals surface area contributed by atoms with Crippen LogP contribution in [0.25, 0.3) is 0 Å². The molecule has 0 fully saturated rings. The van der Waals surface area contributed by atoms with E-state index in [0.29, 0.717) is 23.8 Å². The summed E-state index contributed by atoms with van der Waals surface area (Å²) in [5.41, 5.74) is 7.04. The molecular weight excluding hydrogens is 218 g/mol. The molecule has 2 N–H and O–H groups in total. The molecule has 5 heteroatoms. The highest BCUT2D eigenvalue weighted by Crippen LogP contribution is 2.29. The minimum Gasteiger partial charge on any atom is -0.493 e. The number of nitrogens with zero attached hydrogens (tertiary/aromatic N) is 2. The van der Waals surface area contributed by atoms with Crippen LogP contribution in [0.15, 0.2) is 36.8 Å². The van der Waals surface area contributed by atoms with Gasteiger partial charge in [0.05, 0.1) is 19.0 Å². The summed E-state index contributed by atoms with van der Waals surface area (Å²) in [7, 11) is 1.57. The Hall–Kier alpha value is -2.30. The molecule has 2 aromatic rings. The van der Waals surface area contributed by atoms with E-state index in [0.717, 1.165) is 5.69 Å². The second kappa shape index (κ2) is 5.16. The van der Waals surface area contributed by atoms with Gasteiger partial charge in [0.1, 0.15) is 6.61 Å².